The van der Waals surface area contributed by atoms with Crippen molar-refractivity contribution >= 4 is 6.09 Å². The normalized spacial score (nSPS) is 17.1. The van der Waals surface area contributed by atoms with E-state index in [9.17, 15) is 9.90 Å². The number of aromatic hydroxyl groups is 1. The highest BCUT2D eigenvalue weighted by molar-refractivity contribution is 5.65. The Labute approximate surface area is 99.1 Å². The first-order valence-electron chi connectivity index (χ1n) is 5.50. The topological polar surface area (TPSA) is 76.9 Å². The fourth-order valence-electron chi connectivity index (χ4n) is 1.86. The molecule has 0 spiro atoms. The highest BCUT2D eigenvalue weighted by atomic mass is 16.4. The zero-order valence-corrected chi connectivity index (χ0v) is 9.41. The third kappa shape index (κ3) is 2.85. The van der Waals surface area contributed by atoms with Crippen molar-refractivity contribution in [1.29, 1.82) is 0 Å². The Morgan fingerprint density at radius 1 is 1.35 bits per heavy atom. The Bertz CT molecular complexity index is 403. The van der Waals surface area contributed by atoms with Crippen LogP contribution in [0.2, 0.25) is 0 Å². The first kappa shape index (κ1) is 11.7. The molecular weight excluding hydrogens is 222 g/mol. The molecule has 17 heavy (non-hydrogen) atoms. The Morgan fingerprint density at radius 3 is 2.65 bits per heavy atom. The van der Waals surface area contributed by atoms with Crippen LogP contribution in [0.3, 0.4) is 0 Å². The SMILES string of the molecule is O=C(O)N1CCN(Cc2ncccc2O)CC1. The second kappa shape index (κ2) is 5.01. The Kier molecular flexibility index (Phi) is 3.43. The minimum absolute atomic E-state index is 0.188. The van der Waals surface area contributed by atoms with Gasteiger partial charge in [-0.3, -0.25) is 9.88 Å². The number of hydrogen-bond donors (Lipinski definition) is 2. The van der Waals surface area contributed by atoms with E-state index in [1.54, 1.807) is 18.3 Å². The summed E-state index contributed by atoms with van der Waals surface area (Å²) >= 11 is 0. The standard InChI is InChI=1S/C11H15N3O3/c15-10-2-1-3-12-9(10)8-13-4-6-14(7-5-13)11(16)17/h1-3,15H,4-8H2,(H,16,17). The van der Waals surface area contributed by atoms with Gasteiger partial charge in [0.15, 0.2) is 0 Å². The molecule has 1 aliphatic heterocycles. The Hall–Kier alpha value is -1.82. The number of carboxylic acid groups (broad SMARTS) is 1. The molecule has 6 heteroatoms. The van der Waals surface area contributed by atoms with E-state index in [0.717, 1.165) is 0 Å². The molecule has 2 rings (SSSR count). The van der Waals surface area contributed by atoms with Crippen molar-refractivity contribution in [1.82, 2.24) is 14.8 Å². The maximum Gasteiger partial charge on any atom is 0.407 e. The summed E-state index contributed by atoms with van der Waals surface area (Å²) in [7, 11) is 0. The number of amides is 1. The summed E-state index contributed by atoms with van der Waals surface area (Å²) in [5, 5.41) is 18.4. The molecule has 1 aromatic rings. The minimum Gasteiger partial charge on any atom is -0.506 e. The average molecular weight is 237 g/mol. The zero-order chi connectivity index (χ0) is 12.3. The second-order valence-corrected chi connectivity index (χ2v) is 4.01. The van der Waals surface area contributed by atoms with E-state index >= 15 is 0 Å². The molecule has 1 aliphatic rings. The molecule has 6 nitrogen and oxygen atoms in total. The maximum atomic E-state index is 10.7. The van der Waals surface area contributed by atoms with Crippen LogP contribution in [0.1, 0.15) is 5.69 Å². The molecule has 1 saturated heterocycles. The number of pyridine rings is 1. The molecule has 0 aliphatic carbocycles. The van der Waals surface area contributed by atoms with Gasteiger partial charge < -0.3 is 15.1 Å². The summed E-state index contributed by atoms with van der Waals surface area (Å²) in [4.78, 5) is 18.3. The summed E-state index contributed by atoms with van der Waals surface area (Å²) in [5.74, 6) is 0.188. The van der Waals surface area contributed by atoms with Gasteiger partial charge in [0.1, 0.15) is 5.75 Å². The van der Waals surface area contributed by atoms with Crippen molar-refractivity contribution in [2.75, 3.05) is 26.2 Å². The van der Waals surface area contributed by atoms with Crippen LogP contribution < -0.4 is 0 Å². The van der Waals surface area contributed by atoms with E-state index < -0.39 is 6.09 Å². The van der Waals surface area contributed by atoms with Gasteiger partial charge in [0.25, 0.3) is 0 Å². The fourth-order valence-corrected chi connectivity index (χ4v) is 1.86. The molecule has 0 bridgehead atoms. The fraction of sp³-hybridized carbons (Fsp3) is 0.455. The van der Waals surface area contributed by atoms with Gasteiger partial charge in [-0.2, -0.15) is 0 Å². The summed E-state index contributed by atoms with van der Waals surface area (Å²) in [5.41, 5.74) is 0.635. The third-order valence-electron chi connectivity index (χ3n) is 2.88. The molecule has 1 aromatic heterocycles. The summed E-state index contributed by atoms with van der Waals surface area (Å²) in [6, 6.07) is 3.29. The van der Waals surface area contributed by atoms with E-state index in [4.69, 9.17) is 5.11 Å². The van der Waals surface area contributed by atoms with E-state index in [1.165, 1.54) is 4.90 Å². The molecule has 0 radical (unpaired) electrons. The first-order valence-corrected chi connectivity index (χ1v) is 5.50. The van der Waals surface area contributed by atoms with Crippen LogP contribution >= 0.6 is 0 Å². The van der Waals surface area contributed by atoms with Crippen LogP contribution in [0.25, 0.3) is 0 Å². The van der Waals surface area contributed by atoms with Gasteiger partial charge in [0.2, 0.25) is 0 Å². The van der Waals surface area contributed by atoms with Crippen molar-refractivity contribution in [3.8, 4) is 5.75 Å². The van der Waals surface area contributed by atoms with Gasteiger partial charge in [0, 0.05) is 38.9 Å². The number of nitrogens with zero attached hydrogens (tertiary/aromatic N) is 3. The van der Waals surface area contributed by atoms with Crippen LogP contribution in [-0.4, -0.2) is 57.3 Å². The summed E-state index contributed by atoms with van der Waals surface area (Å²) < 4.78 is 0. The molecule has 2 N–H and O–H groups in total. The third-order valence-corrected chi connectivity index (χ3v) is 2.88. The highest BCUT2D eigenvalue weighted by Crippen LogP contribution is 2.15. The van der Waals surface area contributed by atoms with Gasteiger partial charge in [-0.1, -0.05) is 0 Å². The number of hydrogen-bond acceptors (Lipinski definition) is 4. The van der Waals surface area contributed by atoms with Crippen LogP contribution in [0.15, 0.2) is 18.3 Å². The van der Waals surface area contributed by atoms with Gasteiger partial charge in [-0.25, -0.2) is 4.79 Å². The van der Waals surface area contributed by atoms with Crippen LogP contribution in [0, 0.1) is 0 Å². The lowest BCUT2D eigenvalue weighted by atomic mass is 10.2. The van der Waals surface area contributed by atoms with Gasteiger partial charge in [-0.05, 0) is 12.1 Å². The molecule has 0 unspecified atom stereocenters. The molecule has 0 atom stereocenters. The molecule has 1 fully saturated rings. The van der Waals surface area contributed by atoms with Crippen LogP contribution in [-0.2, 0) is 6.54 Å². The number of piperazine rings is 1. The molecule has 2 heterocycles. The second-order valence-electron chi connectivity index (χ2n) is 4.01. The minimum atomic E-state index is -0.870. The van der Waals surface area contributed by atoms with Crippen molar-refractivity contribution < 1.29 is 15.0 Å². The predicted molar refractivity (Wildman–Crippen MR) is 60.8 cm³/mol. The van der Waals surface area contributed by atoms with Crippen molar-refractivity contribution in [3.05, 3.63) is 24.0 Å². The Morgan fingerprint density at radius 2 is 2.06 bits per heavy atom. The summed E-state index contributed by atoms with van der Waals surface area (Å²) in [6.07, 6.45) is 0.771. The number of carbonyl (C=O) groups is 1. The van der Waals surface area contributed by atoms with Gasteiger partial charge in [-0.15, -0.1) is 0 Å². The maximum absolute atomic E-state index is 10.7. The quantitative estimate of drug-likeness (QED) is 0.787. The molecule has 0 saturated carbocycles. The van der Waals surface area contributed by atoms with Gasteiger partial charge >= 0.3 is 6.09 Å². The summed E-state index contributed by atoms with van der Waals surface area (Å²) in [6.45, 7) is 2.90. The molecule has 92 valence electrons. The van der Waals surface area contributed by atoms with E-state index in [-0.39, 0.29) is 5.75 Å². The highest BCUT2D eigenvalue weighted by Gasteiger charge is 2.21. The average Bonchev–Trinajstić information content (AvgIpc) is 2.33. The van der Waals surface area contributed by atoms with E-state index in [0.29, 0.717) is 38.4 Å². The number of aromatic nitrogens is 1. The monoisotopic (exact) mass is 237 g/mol. The van der Waals surface area contributed by atoms with E-state index in [2.05, 4.69) is 9.88 Å². The zero-order valence-electron chi connectivity index (χ0n) is 9.41. The van der Waals surface area contributed by atoms with Crippen molar-refractivity contribution in [2.24, 2.45) is 0 Å². The lowest BCUT2D eigenvalue weighted by molar-refractivity contribution is 0.102. The van der Waals surface area contributed by atoms with Crippen LogP contribution in [0.5, 0.6) is 5.75 Å². The lowest BCUT2D eigenvalue weighted by Crippen LogP contribution is -2.47. The van der Waals surface area contributed by atoms with Crippen molar-refractivity contribution in [3.63, 3.8) is 0 Å². The lowest BCUT2D eigenvalue weighted by Gasteiger charge is -2.32. The smallest absolute Gasteiger partial charge is 0.407 e. The molecule has 0 aromatic carbocycles. The predicted octanol–water partition coefficient (Wildman–Crippen LogP) is 0.583. The Balaban J connectivity index is 1.90. The van der Waals surface area contributed by atoms with E-state index in [1.807, 2.05) is 0 Å². The molecule has 1 amide bonds. The van der Waals surface area contributed by atoms with Crippen molar-refractivity contribution in [2.45, 2.75) is 6.54 Å². The largest absolute Gasteiger partial charge is 0.506 e. The van der Waals surface area contributed by atoms with Gasteiger partial charge in [0.05, 0.1) is 5.69 Å². The molecular formula is C11H15N3O3. The van der Waals surface area contributed by atoms with Crippen LogP contribution in [0.4, 0.5) is 4.79 Å². The number of rotatable bonds is 2. The first-order chi connectivity index (χ1) is 8.16.